The number of amides is 1. The van der Waals surface area contributed by atoms with Crippen LogP contribution in [-0.2, 0) is 10.2 Å². The highest BCUT2D eigenvalue weighted by Gasteiger charge is 2.41. The van der Waals surface area contributed by atoms with Gasteiger partial charge in [-0.15, -0.1) is 11.8 Å². The summed E-state index contributed by atoms with van der Waals surface area (Å²) in [5, 5.41) is 10.4. The first kappa shape index (κ1) is 21.5. The third-order valence-electron chi connectivity index (χ3n) is 5.49. The van der Waals surface area contributed by atoms with Crippen molar-refractivity contribution < 1.29 is 4.79 Å². The van der Waals surface area contributed by atoms with Crippen molar-refractivity contribution in [3.05, 3.63) is 95.0 Å². The second kappa shape index (κ2) is 9.16. The molecule has 0 saturated heterocycles. The maximum atomic E-state index is 12.7. The Balaban J connectivity index is 1.56. The number of nitrogens with zero attached hydrogens (tertiary/aromatic N) is 2. The van der Waals surface area contributed by atoms with E-state index in [2.05, 4.69) is 24.4 Å². The van der Waals surface area contributed by atoms with Gasteiger partial charge in [0.05, 0.1) is 17.7 Å². The molecule has 1 N–H and O–H groups in total. The number of halogens is 1. The van der Waals surface area contributed by atoms with E-state index in [-0.39, 0.29) is 17.9 Å². The van der Waals surface area contributed by atoms with E-state index < -0.39 is 0 Å². The quantitative estimate of drug-likeness (QED) is 0.492. The maximum Gasteiger partial charge on any atom is 0.245 e. The zero-order chi connectivity index (χ0) is 21.8. The van der Waals surface area contributed by atoms with Gasteiger partial charge in [0.25, 0.3) is 0 Å². The average molecular weight is 450 g/mol. The lowest BCUT2D eigenvalue weighted by atomic mass is 9.76. The Morgan fingerprint density at radius 1 is 1.06 bits per heavy atom. The van der Waals surface area contributed by atoms with Gasteiger partial charge in [0.2, 0.25) is 5.91 Å². The average Bonchev–Trinajstić information content (AvgIpc) is 3.12. The number of rotatable bonds is 6. The Bertz CT molecular complexity index is 1080. The molecule has 1 aliphatic rings. The highest BCUT2D eigenvalue weighted by Crippen LogP contribution is 2.35. The fraction of sp³-hybridized carbons (Fsp3) is 0.200. The summed E-state index contributed by atoms with van der Waals surface area (Å²) < 4.78 is 0. The van der Waals surface area contributed by atoms with Crippen molar-refractivity contribution in [3.63, 3.8) is 0 Å². The molecule has 0 aromatic heterocycles. The Labute approximate surface area is 192 Å². The molecule has 0 aliphatic carbocycles. The topological polar surface area (TPSA) is 44.7 Å². The fourth-order valence-corrected chi connectivity index (χ4v) is 4.41. The van der Waals surface area contributed by atoms with Crippen LogP contribution < -0.4 is 5.32 Å². The normalized spacial score (nSPS) is 18.0. The van der Waals surface area contributed by atoms with Crippen molar-refractivity contribution in [1.29, 1.82) is 0 Å². The van der Waals surface area contributed by atoms with Crippen LogP contribution in [0, 0.1) is 0 Å². The number of nitrogens with one attached hydrogen (secondary N) is 1. The Hall–Kier alpha value is -2.76. The Morgan fingerprint density at radius 2 is 1.74 bits per heavy atom. The van der Waals surface area contributed by atoms with Crippen molar-refractivity contribution in [1.82, 2.24) is 5.01 Å². The van der Waals surface area contributed by atoms with E-state index in [9.17, 15) is 4.79 Å². The van der Waals surface area contributed by atoms with Gasteiger partial charge in [0.15, 0.2) is 0 Å². The number of hydrazone groups is 1. The molecule has 6 heteroatoms. The van der Waals surface area contributed by atoms with Crippen molar-refractivity contribution in [2.24, 2.45) is 5.10 Å². The molecule has 1 aliphatic heterocycles. The first-order valence-corrected chi connectivity index (χ1v) is 11.7. The smallest absolute Gasteiger partial charge is 0.245 e. The van der Waals surface area contributed by atoms with Crippen LogP contribution in [0.25, 0.3) is 0 Å². The molecule has 1 unspecified atom stereocenters. The lowest BCUT2D eigenvalue weighted by molar-refractivity contribution is -0.117. The number of hydrogen-bond acceptors (Lipinski definition) is 4. The predicted octanol–water partition coefficient (Wildman–Crippen LogP) is 5.68. The second-order valence-corrected chi connectivity index (χ2v) is 9.07. The van der Waals surface area contributed by atoms with Crippen LogP contribution in [0.2, 0.25) is 5.02 Å². The molecule has 3 aromatic carbocycles. The minimum absolute atomic E-state index is 0.0894. The SMILES string of the molecule is CSc1ccc(NC(=O)CN2CC(C)(c3ccccc3)C(c3ccc(Cl)cc3)=N2)cc1. The van der Waals surface area contributed by atoms with Gasteiger partial charge >= 0.3 is 0 Å². The summed E-state index contributed by atoms with van der Waals surface area (Å²) in [4.78, 5) is 13.9. The molecule has 0 radical (unpaired) electrons. The molecular formula is C25H24ClN3OS. The van der Waals surface area contributed by atoms with Gasteiger partial charge in [-0.3, -0.25) is 9.80 Å². The van der Waals surface area contributed by atoms with E-state index in [1.54, 1.807) is 11.8 Å². The molecule has 158 valence electrons. The monoisotopic (exact) mass is 449 g/mol. The molecule has 4 rings (SSSR count). The van der Waals surface area contributed by atoms with Crippen LogP contribution >= 0.6 is 23.4 Å². The van der Waals surface area contributed by atoms with Crippen LogP contribution in [0.15, 0.2) is 88.9 Å². The number of carbonyl (C=O) groups is 1. The summed E-state index contributed by atoms with van der Waals surface area (Å²) in [6.45, 7) is 2.98. The van der Waals surface area contributed by atoms with Gasteiger partial charge in [-0.05, 0) is 60.7 Å². The fourth-order valence-electron chi connectivity index (χ4n) is 3.88. The van der Waals surface area contributed by atoms with Crippen LogP contribution in [0.4, 0.5) is 5.69 Å². The lowest BCUT2D eigenvalue weighted by Gasteiger charge is -2.27. The highest BCUT2D eigenvalue weighted by atomic mass is 35.5. The summed E-state index contributed by atoms with van der Waals surface area (Å²) in [6.07, 6.45) is 2.03. The first-order valence-electron chi connectivity index (χ1n) is 10.1. The van der Waals surface area contributed by atoms with E-state index in [1.807, 2.05) is 78.0 Å². The number of thioether (sulfide) groups is 1. The predicted molar refractivity (Wildman–Crippen MR) is 130 cm³/mol. The van der Waals surface area contributed by atoms with Gasteiger partial charge in [0, 0.05) is 15.6 Å². The third-order valence-corrected chi connectivity index (χ3v) is 6.49. The van der Waals surface area contributed by atoms with E-state index in [4.69, 9.17) is 16.7 Å². The molecule has 31 heavy (non-hydrogen) atoms. The van der Waals surface area contributed by atoms with E-state index in [0.717, 1.165) is 21.9 Å². The van der Waals surface area contributed by atoms with E-state index >= 15 is 0 Å². The molecule has 4 nitrogen and oxygen atoms in total. The number of anilines is 1. The molecule has 1 atom stereocenters. The van der Waals surface area contributed by atoms with Crippen LogP contribution in [-0.4, -0.2) is 36.0 Å². The minimum atomic E-state index is -0.338. The van der Waals surface area contributed by atoms with Crippen molar-refractivity contribution in [2.75, 3.05) is 24.7 Å². The highest BCUT2D eigenvalue weighted by molar-refractivity contribution is 7.98. The van der Waals surface area contributed by atoms with E-state index in [1.165, 1.54) is 5.56 Å². The lowest BCUT2D eigenvalue weighted by Crippen LogP contribution is -2.38. The van der Waals surface area contributed by atoms with Crippen LogP contribution in [0.1, 0.15) is 18.1 Å². The molecule has 1 amide bonds. The molecule has 3 aromatic rings. The molecular weight excluding hydrogens is 426 g/mol. The van der Waals surface area contributed by atoms with Gasteiger partial charge < -0.3 is 5.32 Å². The largest absolute Gasteiger partial charge is 0.324 e. The van der Waals surface area contributed by atoms with Gasteiger partial charge in [0.1, 0.15) is 6.54 Å². The Kier molecular flexibility index (Phi) is 6.35. The van der Waals surface area contributed by atoms with Crippen molar-refractivity contribution >= 4 is 40.7 Å². The summed E-state index contributed by atoms with van der Waals surface area (Å²) in [5.41, 5.74) is 3.56. The van der Waals surface area contributed by atoms with Crippen molar-refractivity contribution in [3.8, 4) is 0 Å². The first-order chi connectivity index (χ1) is 15.0. The standard InChI is InChI=1S/C25H24ClN3OS/c1-25(19-6-4-3-5-7-19)17-29(28-24(25)18-8-10-20(26)11-9-18)16-23(30)27-21-12-14-22(31-2)15-13-21/h3-15H,16-17H2,1-2H3,(H,27,30). The van der Waals surface area contributed by atoms with Gasteiger partial charge in [-0.1, -0.05) is 54.1 Å². The number of hydrogen-bond donors (Lipinski definition) is 1. The summed E-state index contributed by atoms with van der Waals surface area (Å²) >= 11 is 7.77. The summed E-state index contributed by atoms with van der Waals surface area (Å²) in [5.74, 6) is -0.0894. The molecule has 1 heterocycles. The zero-order valence-electron chi connectivity index (χ0n) is 17.5. The Morgan fingerprint density at radius 3 is 2.39 bits per heavy atom. The number of benzene rings is 3. The van der Waals surface area contributed by atoms with E-state index in [0.29, 0.717) is 11.6 Å². The third kappa shape index (κ3) is 4.78. The molecule has 0 fully saturated rings. The summed E-state index contributed by atoms with van der Waals surface area (Å²) in [7, 11) is 0. The second-order valence-electron chi connectivity index (χ2n) is 7.75. The number of carbonyl (C=O) groups excluding carboxylic acids is 1. The zero-order valence-corrected chi connectivity index (χ0v) is 19.1. The molecule has 0 saturated carbocycles. The van der Waals surface area contributed by atoms with Crippen LogP contribution in [0.3, 0.4) is 0 Å². The molecule has 0 bridgehead atoms. The maximum absolute atomic E-state index is 12.7. The van der Waals surface area contributed by atoms with Gasteiger partial charge in [-0.2, -0.15) is 5.10 Å². The molecule has 0 spiro atoms. The van der Waals surface area contributed by atoms with Crippen LogP contribution in [0.5, 0.6) is 0 Å². The summed E-state index contributed by atoms with van der Waals surface area (Å²) in [6, 6.07) is 25.9. The minimum Gasteiger partial charge on any atom is -0.324 e. The van der Waals surface area contributed by atoms with Gasteiger partial charge in [-0.25, -0.2) is 0 Å². The van der Waals surface area contributed by atoms with Crippen molar-refractivity contribution in [2.45, 2.75) is 17.2 Å².